The zero-order valence-corrected chi connectivity index (χ0v) is 12.0. The Morgan fingerprint density at radius 3 is 3.25 bits per heavy atom. The van der Waals surface area contributed by atoms with E-state index in [0.717, 1.165) is 38.1 Å². The van der Waals surface area contributed by atoms with E-state index in [9.17, 15) is 4.79 Å². The quantitative estimate of drug-likeness (QED) is 0.659. The molecule has 20 heavy (non-hydrogen) atoms. The predicted molar refractivity (Wildman–Crippen MR) is 74.0 cm³/mol. The fourth-order valence-corrected chi connectivity index (χ4v) is 2.13. The summed E-state index contributed by atoms with van der Waals surface area (Å²) in [4.78, 5) is 11.8. The number of hydrogen-bond donors (Lipinski definition) is 2. The van der Waals surface area contributed by atoms with E-state index in [4.69, 9.17) is 4.74 Å². The zero-order chi connectivity index (χ0) is 14.2. The van der Waals surface area contributed by atoms with Crippen LogP contribution in [0.3, 0.4) is 0 Å². The molecule has 1 aromatic rings. The van der Waals surface area contributed by atoms with Gasteiger partial charge in [-0.3, -0.25) is 4.79 Å². The molecule has 0 aromatic carbocycles. The largest absolute Gasteiger partial charge is 0.376 e. The first-order valence-electron chi connectivity index (χ1n) is 7.26. The molecular weight excluding hydrogens is 258 g/mol. The number of nitrogens with one attached hydrogen (secondary N) is 2. The number of carbonyl (C=O) groups excluding carboxylic acids is 1. The third-order valence-electron chi connectivity index (χ3n) is 3.18. The van der Waals surface area contributed by atoms with Crippen molar-refractivity contribution in [3.8, 4) is 0 Å². The lowest BCUT2D eigenvalue weighted by Crippen LogP contribution is -2.34. The number of carbonyl (C=O) groups is 1. The Morgan fingerprint density at radius 2 is 2.50 bits per heavy atom. The van der Waals surface area contributed by atoms with Crippen molar-refractivity contribution in [2.75, 3.05) is 19.7 Å². The van der Waals surface area contributed by atoms with Gasteiger partial charge in [-0.1, -0.05) is 12.1 Å². The van der Waals surface area contributed by atoms with Crippen LogP contribution in [0.5, 0.6) is 0 Å². The van der Waals surface area contributed by atoms with Gasteiger partial charge in [0.15, 0.2) is 0 Å². The molecule has 0 radical (unpaired) electrons. The van der Waals surface area contributed by atoms with Crippen molar-refractivity contribution in [2.24, 2.45) is 0 Å². The molecule has 2 rings (SSSR count). The average Bonchev–Trinajstić information content (AvgIpc) is 3.08. The molecule has 1 aliphatic rings. The Bertz CT molecular complexity index is 415. The third kappa shape index (κ3) is 4.90. The minimum absolute atomic E-state index is 0.0570. The van der Waals surface area contributed by atoms with Gasteiger partial charge in [0.05, 0.1) is 18.0 Å². The van der Waals surface area contributed by atoms with Crippen molar-refractivity contribution < 1.29 is 9.53 Å². The Morgan fingerprint density at radius 1 is 1.60 bits per heavy atom. The summed E-state index contributed by atoms with van der Waals surface area (Å²) in [6.07, 6.45) is 5.16. The number of rotatable bonds is 8. The van der Waals surface area contributed by atoms with Crippen LogP contribution < -0.4 is 10.6 Å². The Hall–Kier alpha value is -1.47. The molecule has 7 heteroatoms. The molecule has 1 atom stereocenters. The summed E-state index contributed by atoms with van der Waals surface area (Å²) >= 11 is 0. The first-order valence-corrected chi connectivity index (χ1v) is 7.26. The van der Waals surface area contributed by atoms with Gasteiger partial charge >= 0.3 is 0 Å². The smallest absolute Gasteiger partial charge is 0.241 e. The minimum Gasteiger partial charge on any atom is -0.376 e. The Balaban J connectivity index is 1.67. The van der Waals surface area contributed by atoms with E-state index in [0.29, 0.717) is 13.1 Å². The van der Waals surface area contributed by atoms with Crippen molar-refractivity contribution in [3.05, 3.63) is 11.9 Å². The highest BCUT2D eigenvalue weighted by Gasteiger charge is 2.16. The molecule has 0 aliphatic carbocycles. The molecule has 0 spiro atoms. The lowest BCUT2D eigenvalue weighted by molar-refractivity contribution is -0.122. The summed E-state index contributed by atoms with van der Waals surface area (Å²) in [6.45, 7) is 5.34. The maximum absolute atomic E-state index is 11.8. The molecule has 1 aromatic heterocycles. The Labute approximate surface area is 119 Å². The van der Waals surface area contributed by atoms with Gasteiger partial charge in [-0.25, -0.2) is 4.68 Å². The molecule has 1 aliphatic heterocycles. The van der Waals surface area contributed by atoms with Crippen LogP contribution in [0, 0.1) is 0 Å². The van der Waals surface area contributed by atoms with E-state index in [1.807, 2.05) is 0 Å². The topological polar surface area (TPSA) is 81.1 Å². The number of ether oxygens (including phenoxy) is 1. The van der Waals surface area contributed by atoms with Gasteiger partial charge < -0.3 is 15.4 Å². The van der Waals surface area contributed by atoms with Crippen LogP contribution in [-0.2, 0) is 22.6 Å². The van der Waals surface area contributed by atoms with Crippen LogP contribution in [0.4, 0.5) is 0 Å². The van der Waals surface area contributed by atoms with Gasteiger partial charge in [0, 0.05) is 19.7 Å². The molecule has 1 fully saturated rings. The molecule has 0 saturated carbocycles. The fourth-order valence-electron chi connectivity index (χ4n) is 2.13. The van der Waals surface area contributed by atoms with Gasteiger partial charge in [0.2, 0.25) is 5.91 Å². The lowest BCUT2D eigenvalue weighted by Gasteiger charge is -2.10. The highest BCUT2D eigenvalue weighted by molar-refractivity contribution is 5.75. The van der Waals surface area contributed by atoms with E-state index in [1.165, 1.54) is 0 Å². The summed E-state index contributed by atoms with van der Waals surface area (Å²) in [6, 6.07) is 0. The second kappa shape index (κ2) is 7.96. The molecule has 2 heterocycles. The fraction of sp³-hybridized carbons (Fsp3) is 0.769. The maximum Gasteiger partial charge on any atom is 0.241 e. The van der Waals surface area contributed by atoms with E-state index in [-0.39, 0.29) is 18.6 Å². The van der Waals surface area contributed by atoms with Crippen molar-refractivity contribution in [1.82, 2.24) is 25.6 Å². The SMILES string of the molecule is CCCNCc1cn(CC(=O)NCC2CCCO2)nn1. The number of aromatic nitrogens is 3. The second-order valence-electron chi connectivity index (χ2n) is 5.02. The third-order valence-corrected chi connectivity index (χ3v) is 3.18. The van der Waals surface area contributed by atoms with E-state index in [1.54, 1.807) is 10.9 Å². The van der Waals surface area contributed by atoms with Gasteiger partial charge in [-0.05, 0) is 25.8 Å². The zero-order valence-electron chi connectivity index (χ0n) is 12.0. The average molecular weight is 281 g/mol. The summed E-state index contributed by atoms with van der Waals surface area (Å²) in [5.41, 5.74) is 0.852. The van der Waals surface area contributed by atoms with Gasteiger partial charge in [0.25, 0.3) is 0 Å². The van der Waals surface area contributed by atoms with Crippen LogP contribution in [0.15, 0.2) is 6.20 Å². The van der Waals surface area contributed by atoms with Gasteiger partial charge in [-0.15, -0.1) is 5.10 Å². The van der Waals surface area contributed by atoms with Gasteiger partial charge in [-0.2, -0.15) is 0 Å². The first kappa shape index (κ1) is 14.9. The summed E-state index contributed by atoms with van der Waals surface area (Å²) < 4.78 is 7.02. The molecule has 1 amide bonds. The number of nitrogens with zero attached hydrogens (tertiary/aromatic N) is 3. The second-order valence-corrected chi connectivity index (χ2v) is 5.02. The van der Waals surface area contributed by atoms with Crippen LogP contribution in [0.25, 0.3) is 0 Å². The van der Waals surface area contributed by atoms with Crippen molar-refractivity contribution >= 4 is 5.91 Å². The molecule has 1 saturated heterocycles. The highest BCUT2D eigenvalue weighted by atomic mass is 16.5. The molecule has 2 N–H and O–H groups in total. The molecule has 1 unspecified atom stereocenters. The summed E-state index contributed by atoms with van der Waals surface area (Å²) in [5, 5.41) is 14.1. The van der Waals surface area contributed by atoms with Crippen LogP contribution >= 0.6 is 0 Å². The molecular formula is C13H23N5O2. The van der Waals surface area contributed by atoms with E-state index < -0.39 is 0 Å². The van der Waals surface area contributed by atoms with E-state index >= 15 is 0 Å². The number of amides is 1. The molecule has 0 bridgehead atoms. The van der Waals surface area contributed by atoms with Crippen molar-refractivity contribution in [2.45, 2.75) is 45.4 Å². The maximum atomic E-state index is 11.8. The summed E-state index contributed by atoms with van der Waals surface area (Å²) in [7, 11) is 0. The number of hydrogen-bond acceptors (Lipinski definition) is 5. The highest BCUT2D eigenvalue weighted by Crippen LogP contribution is 2.10. The standard InChI is InChI=1S/C13H23N5O2/c1-2-5-14-7-11-9-18(17-16-11)10-13(19)15-8-12-4-3-6-20-12/h9,12,14H,2-8,10H2,1H3,(H,15,19). The van der Waals surface area contributed by atoms with Crippen molar-refractivity contribution in [1.29, 1.82) is 0 Å². The van der Waals surface area contributed by atoms with Crippen LogP contribution in [0.1, 0.15) is 31.9 Å². The monoisotopic (exact) mass is 281 g/mol. The van der Waals surface area contributed by atoms with Crippen molar-refractivity contribution in [3.63, 3.8) is 0 Å². The minimum atomic E-state index is -0.0570. The van der Waals surface area contributed by atoms with Gasteiger partial charge in [0.1, 0.15) is 6.54 Å². The predicted octanol–water partition coefficient (Wildman–Crippen LogP) is 0.0729. The first-order chi connectivity index (χ1) is 9.78. The normalized spacial score (nSPS) is 18.4. The molecule has 112 valence electrons. The van der Waals surface area contributed by atoms with E-state index in [2.05, 4.69) is 27.9 Å². The molecule has 7 nitrogen and oxygen atoms in total. The lowest BCUT2D eigenvalue weighted by atomic mass is 10.2. The van der Waals surface area contributed by atoms with Crippen LogP contribution in [-0.4, -0.2) is 46.7 Å². The summed E-state index contributed by atoms with van der Waals surface area (Å²) in [5.74, 6) is -0.0570. The van der Waals surface area contributed by atoms with Crippen LogP contribution in [0.2, 0.25) is 0 Å². The Kier molecular flexibility index (Phi) is 5.94.